The molecule has 1 aliphatic rings. The van der Waals surface area contributed by atoms with Gasteiger partial charge in [-0.25, -0.2) is 4.79 Å². The zero-order valence-electron chi connectivity index (χ0n) is 13.1. The van der Waals surface area contributed by atoms with Gasteiger partial charge >= 0.3 is 12.1 Å². The molecule has 0 bridgehead atoms. The highest BCUT2D eigenvalue weighted by Gasteiger charge is 2.43. The second-order valence-corrected chi connectivity index (χ2v) is 5.51. The molecule has 0 atom stereocenters. The Morgan fingerprint density at radius 3 is 2.61 bits per heavy atom. The highest BCUT2D eigenvalue weighted by atomic mass is 19.4. The maximum Gasteiger partial charge on any atom is 0.492 e. The lowest BCUT2D eigenvalue weighted by molar-refractivity contribution is -0.241. The summed E-state index contributed by atoms with van der Waals surface area (Å²) in [5.41, 5.74) is 2.12. The number of alkyl halides is 3. The molecule has 1 aromatic heterocycles. The first-order chi connectivity index (χ1) is 10.8. The minimum Gasteiger partial charge on any atom is -0.383 e. The standard InChI is InChI=1S/C14H20F3N3O3/c1-10-9-18-20(7-8-22-2)12(10)11-3-5-19(6-4-11)23-13(21)14(15,16)17/h9,11H,3-8H2,1-2H3. The van der Waals surface area contributed by atoms with Crippen LogP contribution in [0.15, 0.2) is 6.20 Å². The van der Waals surface area contributed by atoms with Gasteiger partial charge in [-0.1, -0.05) is 0 Å². The number of ether oxygens (including phenoxy) is 1. The van der Waals surface area contributed by atoms with Crippen LogP contribution in [0.1, 0.15) is 30.0 Å². The fourth-order valence-electron chi connectivity index (χ4n) is 2.77. The van der Waals surface area contributed by atoms with E-state index < -0.39 is 12.1 Å². The van der Waals surface area contributed by atoms with E-state index in [1.165, 1.54) is 0 Å². The van der Waals surface area contributed by atoms with Crippen LogP contribution in [-0.4, -0.2) is 53.8 Å². The molecule has 0 spiro atoms. The molecule has 2 heterocycles. The minimum absolute atomic E-state index is 0.176. The topological polar surface area (TPSA) is 56.6 Å². The summed E-state index contributed by atoms with van der Waals surface area (Å²) in [4.78, 5) is 15.2. The van der Waals surface area contributed by atoms with Crippen LogP contribution >= 0.6 is 0 Å². The van der Waals surface area contributed by atoms with Gasteiger partial charge in [-0.05, 0) is 25.3 Å². The maximum atomic E-state index is 12.2. The number of carbonyl (C=O) groups excluding carboxylic acids is 1. The number of nitrogens with zero attached hydrogens (tertiary/aromatic N) is 3. The Morgan fingerprint density at radius 2 is 2.04 bits per heavy atom. The number of hydrogen-bond acceptors (Lipinski definition) is 5. The van der Waals surface area contributed by atoms with E-state index >= 15 is 0 Å². The van der Waals surface area contributed by atoms with E-state index in [2.05, 4.69) is 9.94 Å². The summed E-state index contributed by atoms with van der Waals surface area (Å²) in [5, 5.41) is 5.40. The number of carbonyl (C=O) groups is 1. The Bertz CT molecular complexity index is 537. The molecule has 23 heavy (non-hydrogen) atoms. The number of piperidine rings is 1. The van der Waals surface area contributed by atoms with E-state index in [1.807, 2.05) is 11.6 Å². The molecule has 9 heteroatoms. The van der Waals surface area contributed by atoms with E-state index in [1.54, 1.807) is 13.3 Å². The minimum atomic E-state index is -4.97. The fraction of sp³-hybridized carbons (Fsp3) is 0.714. The predicted molar refractivity (Wildman–Crippen MR) is 74.5 cm³/mol. The van der Waals surface area contributed by atoms with Crippen molar-refractivity contribution >= 4 is 5.97 Å². The van der Waals surface area contributed by atoms with Crippen molar-refractivity contribution in [3.8, 4) is 0 Å². The van der Waals surface area contributed by atoms with Gasteiger partial charge in [0.1, 0.15) is 0 Å². The van der Waals surface area contributed by atoms with Crippen LogP contribution in [0.25, 0.3) is 0 Å². The molecule has 1 aromatic rings. The Balaban J connectivity index is 1.94. The van der Waals surface area contributed by atoms with Gasteiger partial charge in [-0.2, -0.15) is 18.3 Å². The van der Waals surface area contributed by atoms with Crippen LogP contribution in [0.3, 0.4) is 0 Å². The number of rotatable bonds is 5. The van der Waals surface area contributed by atoms with Gasteiger partial charge in [-0.15, -0.1) is 5.06 Å². The van der Waals surface area contributed by atoms with Crippen molar-refractivity contribution in [2.24, 2.45) is 0 Å². The molecule has 0 aliphatic carbocycles. The molecule has 130 valence electrons. The van der Waals surface area contributed by atoms with Crippen molar-refractivity contribution in [1.82, 2.24) is 14.8 Å². The first-order valence-corrected chi connectivity index (χ1v) is 7.38. The Morgan fingerprint density at radius 1 is 1.39 bits per heavy atom. The lowest BCUT2D eigenvalue weighted by Crippen LogP contribution is -2.39. The first-order valence-electron chi connectivity index (χ1n) is 7.38. The number of aryl methyl sites for hydroxylation is 1. The number of halogens is 3. The molecule has 0 N–H and O–H groups in total. The first kappa shape index (κ1) is 17.7. The highest BCUT2D eigenvalue weighted by molar-refractivity contribution is 5.75. The van der Waals surface area contributed by atoms with Gasteiger partial charge in [-0.3, -0.25) is 4.68 Å². The number of aromatic nitrogens is 2. The lowest BCUT2D eigenvalue weighted by Gasteiger charge is -2.31. The Hall–Kier alpha value is -1.61. The van der Waals surface area contributed by atoms with E-state index in [0.29, 0.717) is 26.0 Å². The zero-order valence-corrected chi connectivity index (χ0v) is 13.1. The van der Waals surface area contributed by atoms with Gasteiger partial charge in [0.15, 0.2) is 0 Å². The predicted octanol–water partition coefficient (Wildman–Crippen LogP) is 2.04. The van der Waals surface area contributed by atoms with E-state index in [9.17, 15) is 18.0 Å². The normalized spacial score (nSPS) is 17.4. The maximum absolute atomic E-state index is 12.2. The number of methoxy groups -OCH3 is 1. The third-order valence-electron chi connectivity index (χ3n) is 3.86. The monoisotopic (exact) mass is 335 g/mol. The summed E-state index contributed by atoms with van der Waals surface area (Å²) in [5.74, 6) is -1.99. The molecular formula is C14H20F3N3O3. The summed E-state index contributed by atoms with van der Waals surface area (Å²) in [6.45, 7) is 3.66. The summed E-state index contributed by atoms with van der Waals surface area (Å²) in [6.07, 6.45) is -1.98. The van der Waals surface area contributed by atoms with E-state index in [0.717, 1.165) is 16.3 Å². The van der Waals surface area contributed by atoms with Crippen LogP contribution in [0.4, 0.5) is 13.2 Å². The second kappa shape index (κ2) is 7.31. The van der Waals surface area contributed by atoms with Crippen molar-refractivity contribution in [3.63, 3.8) is 0 Å². The summed E-state index contributed by atoms with van der Waals surface area (Å²) < 4.78 is 43.5. The zero-order chi connectivity index (χ0) is 17.0. The molecule has 0 unspecified atom stereocenters. The van der Waals surface area contributed by atoms with Gasteiger partial charge < -0.3 is 9.57 Å². The van der Waals surface area contributed by atoms with Crippen LogP contribution in [0.2, 0.25) is 0 Å². The van der Waals surface area contributed by atoms with Gasteiger partial charge in [0.25, 0.3) is 0 Å². The Labute approximate surface area is 132 Å². The number of hydrogen-bond donors (Lipinski definition) is 0. The van der Waals surface area contributed by atoms with Crippen LogP contribution in [0, 0.1) is 6.92 Å². The van der Waals surface area contributed by atoms with Crippen molar-refractivity contribution in [2.45, 2.75) is 38.4 Å². The van der Waals surface area contributed by atoms with Crippen LogP contribution in [-0.2, 0) is 20.9 Å². The molecular weight excluding hydrogens is 315 g/mol. The molecule has 6 nitrogen and oxygen atoms in total. The SMILES string of the molecule is COCCn1ncc(C)c1C1CCN(OC(=O)C(F)(F)F)CC1. The lowest BCUT2D eigenvalue weighted by atomic mass is 9.92. The van der Waals surface area contributed by atoms with Crippen LogP contribution in [0.5, 0.6) is 0 Å². The quantitative estimate of drug-likeness (QED) is 0.824. The summed E-state index contributed by atoms with van der Waals surface area (Å²) >= 11 is 0. The van der Waals surface area contributed by atoms with Gasteiger partial charge in [0, 0.05) is 31.8 Å². The summed E-state index contributed by atoms with van der Waals surface area (Å²) in [7, 11) is 1.61. The third-order valence-corrected chi connectivity index (χ3v) is 3.86. The molecule has 1 aliphatic heterocycles. The average Bonchev–Trinajstić information content (AvgIpc) is 2.86. The van der Waals surface area contributed by atoms with Crippen LogP contribution < -0.4 is 0 Å². The summed E-state index contributed by atoms with van der Waals surface area (Å²) in [6, 6.07) is 0. The molecule has 1 fully saturated rings. The van der Waals surface area contributed by atoms with Gasteiger partial charge in [0.05, 0.1) is 19.3 Å². The highest BCUT2D eigenvalue weighted by Crippen LogP contribution is 2.31. The second-order valence-electron chi connectivity index (χ2n) is 5.51. The molecule has 0 saturated carbocycles. The Kier molecular flexibility index (Phi) is 5.64. The largest absolute Gasteiger partial charge is 0.492 e. The third kappa shape index (κ3) is 4.44. The smallest absolute Gasteiger partial charge is 0.383 e. The fourth-order valence-corrected chi connectivity index (χ4v) is 2.77. The van der Waals surface area contributed by atoms with E-state index in [-0.39, 0.29) is 19.0 Å². The van der Waals surface area contributed by atoms with Crippen molar-refractivity contribution in [2.75, 3.05) is 26.8 Å². The van der Waals surface area contributed by atoms with Gasteiger partial charge in [0.2, 0.25) is 0 Å². The number of hydroxylamine groups is 2. The molecule has 0 amide bonds. The van der Waals surface area contributed by atoms with E-state index in [4.69, 9.17) is 4.74 Å². The van der Waals surface area contributed by atoms with Crippen molar-refractivity contribution < 1.29 is 27.5 Å². The molecule has 2 rings (SSSR count). The molecule has 0 aromatic carbocycles. The van der Waals surface area contributed by atoms with Crippen molar-refractivity contribution in [1.29, 1.82) is 0 Å². The molecule has 1 saturated heterocycles. The van der Waals surface area contributed by atoms with Crippen molar-refractivity contribution in [3.05, 3.63) is 17.5 Å². The molecule has 0 radical (unpaired) electrons. The average molecular weight is 335 g/mol.